The van der Waals surface area contributed by atoms with Gasteiger partial charge < -0.3 is 10.2 Å². The van der Waals surface area contributed by atoms with Crippen LogP contribution in [0.2, 0.25) is 10.0 Å². The van der Waals surface area contributed by atoms with Gasteiger partial charge in [-0.15, -0.1) is 11.8 Å². The molecule has 0 aromatic heterocycles. The summed E-state index contributed by atoms with van der Waals surface area (Å²) in [6.45, 7) is 4.93. The molecule has 0 radical (unpaired) electrons. The number of hydrogen-bond acceptors (Lipinski definition) is 3. The van der Waals surface area contributed by atoms with E-state index >= 15 is 0 Å². The molecule has 0 unspecified atom stereocenters. The van der Waals surface area contributed by atoms with Gasteiger partial charge in [0.1, 0.15) is 6.04 Å². The van der Waals surface area contributed by atoms with Crippen LogP contribution in [0.5, 0.6) is 0 Å². The maximum atomic E-state index is 13.7. The van der Waals surface area contributed by atoms with E-state index in [4.69, 9.17) is 23.2 Å². The monoisotopic (exact) mass is 556 g/mol. The number of thioether (sulfide) groups is 1. The highest BCUT2D eigenvalue weighted by atomic mass is 35.5. The molecule has 3 aromatic rings. The molecule has 0 aliphatic heterocycles. The molecule has 2 amide bonds. The number of halogens is 2. The summed E-state index contributed by atoms with van der Waals surface area (Å²) in [4.78, 5) is 30.0. The SMILES string of the molecule is CCCCNC(=O)[C@@H](Cc1ccccc1)N(Cc1ccc(Cl)cc1Cl)C(=O)CCSc1ccc(C)cc1. The minimum Gasteiger partial charge on any atom is -0.354 e. The number of benzene rings is 3. The predicted molar refractivity (Wildman–Crippen MR) is 155 cm³/mol. The minimum absolute atomic E-state index is 0.0859. The lowest BCUT2D eigenvalue weighted by atomic mass is 10.0. The van der Waals surface area contributed by atoms with Crippen molar-refractivity contribution in [1.82, 2.24) is 10.2 Å². The Morgan fingerprint density at radius 2 is 1.73 bits per heavy atom. The van der Waals surface area contributed by atoms with Gasteiger partial charge in [0.25, 0.3) is 0 Å². The largest absolute Gasteiger partial charge is 0.354 e. The van der Waals surface area contributed by atoms with Gasteiger partial charge in [0.15, 0.2) is 0 Å². The van der Waals surface area contributed by atoms with E-state index in [0.29, 0.717) is 35.2 Å². The minimum atomic E-state index is -0.664. The Hall–Kier alpha value is -2.47. The van der Waals surface area contributed by atoms with Crippen molar-refractivity contribution in [1.29, 1.82) is 0 Å². The average molecular weight is 558 g/mol. The zero-order valence-corrected chi connectivity index (χ0v) is 23.7. The van der Waals surface area contributed by atoms with Crippen LogP contribution in [0.4, 0.5) is 0 Å². The summed E-state index contributed by atoms with van der Waals surface area (Å²) >= 11 is 14.2. The number of rotatable bonds is 13. The van der Waals surface area contributed by atoms with Crippen LogP contribution >= 0.6 is 35.0 Å². The maximum Gasteiger partial charge on any atom is 0.243 e. The molecule has 0 saturated heterocycles. The lowest BCUT2D eigenvalue weighted by Crippen LogP contribution is -2.50. The first-order chi connectivity index (χ1) is 17.9. The molecule has 37 heavy (non-hydrogen) atoms. The smallest absolute Gasteiger partial charge is 0.243 e. The summed E-state index contributed by atoms with van der Waals surface area (Å²) in [5.74, 6) is 0.376. The molecule has 4 nitrogen and oxygen atoms in total. The normalized spacial score (nSPS) is 11.7. The number of carbonyl (C=O) groups excluding carboxylic acids is 2. The Balaban J connectivity index is 1.85. The van der Waals surface area contributed by atoms with Crippen molar-refractivity contribution in [2.24, 2.45) is 0 Å². The van der Waals surface area contributed by atoms with E-state index in [1.54, 1.807) is 28.8 Å². The van der Waals surface area contributed by atoms with Crippen LogP contribution in [0.15, 0.2) is 77.7 Å². The zero-order valence-electron chi connectivity index (χ0n) is 21.4. The second-order valence-corrected chi connectivity index (χ2v) is 11.0. The quantitative estimate of drug-likeness (QED) is 0.177. The van der Waals surface area contributed by atoms with E-state index < -0.39 is 6.04 Å². The summed E-state index contributed by atoms with van der Waals surface area (Å²) in [6, 6.07) is 22.6. The van der Waals surface area contributed by atoms with E-state index in [-0.39, 0.29) is 18.4 Å². The summed E-state index contributed by atoms with van der Waals surface area (Å²) in [7, 11) is 0. The molecule has 0 heterocycles. The summed E-state index contributed by atoms with van der Waals surface area (Å²) < 4.78 is 0. The number of amides is 2. The fourth-order valence-electron chi connectivity index (χ4n) is 3.93. The van der Waals surface area contributed by atoms with Crippen LogP contribution in [0.3, 0.4) is 0 Å². The molecule has 3 rings (SSSR count). The van der Waals surface area contributed by atoms with E-state index in [9.17, 15) is 9.59 Å². The van der Waals surface area contributed by atoms with Gasteiger partial charge in [-0.2, -0.15) is 0 Å². The molecule has 7 heteroatoms. The number of unbranched alkanes of at least 4 members (excludes halogenated alkanes) is 1. The van der Waals surface area contributed by atoms with Gasteiger partial charge in [-0.1, -0.05) is 90.6 Å². The van der Waals surface area contributed by atoms with Gasteiger partial charge in [-0.25, -0.2) is 0 Å². The van der Waals surface area contributed by atoms with Gasteiger partial charge >= 0.3 is 0 Å². The number of aryl methyl sites for hydroxylation is 1. The lowest BCUT2D eigenvalue weighted by molar-refractivity contribution is -0.141. The van der Waals surface area contributed by atoms with Gasteiger partial charge in [0.2, 0.25) is 11.8 Å². The van der Waals surface area contributed by atoms with Crippen molar-refractivity contribution < 1.29 is 9.59 Å². The van der Waals surface area contributed by atoms with E-state index in [1.807, 2.05) is 36.4 Å². The van der Waals surface area contributed by atoms with E-state index in [2.05, 4.69) is 43.4 Å². The van der Waals surface area contributed by atoms with Crippen LogP contribution in [-0.4, -0.2) is 35.1 Å². The molecule has 1 atom stereocenters. The fourth-order valence-corrected chi connectivity index (χ4v) is 5.24. The molecule has 1 N–H and O–H groups in total. The molecule has 0 aliphatic carbocycles. The Bertz CT molecular complexity index is 1160. The molecule has 3 aromatic carbocycles. The lowest BCUT2D eigenvalue weighted by Gasteiger charge is -2.32. The van der Waals surface area contributed by atoms with Crippen LogP contribution in [-0.2, 0) is 22.6 Å². The predicted octanol–water partition coefficient (Wildman–Crippen LogP) is 7.34. The second-order valence-electron chi connectivity index (χ2n) is 9.02. The van der Waals surface area contributed by atoms with Crippen LogP contribution < -0.4 is 5.32 Å². The van der Waals surface area contributed by atoms with Crippen LogP contribution in [0, 0.1) is 6.92 Å². The Kier molecular flexibility index (Phi) is 11.8. The molecule has 0 spiro atoms. The highest BCUT2D eigenvalue weighted by Gasteiger charge is 2.30. The van der Waals surface area contributed by atoms with Crippen molar-refractivity contribution in [2.75, 3.05) is 12.3 Å². The molecule has 0 bridgehead atoms. The maximum absolute atomic E-state index is 13.7. The third kappa shape index (κ3) is 9.41. The van der Waals surface area contributed by atoms with E-state index in [0.717, 1.165) is 28.9 Å². The Labute approximate surface area is 234 Å². The van der Waals surface area contributed by atoms with Gasteiger partial charge in [-0.3, -0.25) is 9.59 Å². The molecule has 0 fully saturated rings. The zero-order chi connectivity index (χ0) is 26.6. The fraction of sp³-hybridized carbons (Fsp3) is 0.333. The van der Waals surface area contributed by atoms with Gasteiger partial charge in [-0.05, 0) is 48.7 Å². The number of hydrogen-bond donors (Lipinski definition) is 1. The van der Waals surface area contributed by atoms with E-state index in [1.165, 1.54) is 5.56 Å². The first-order valence-electron chi connectivity index (χ1n) is 12.6. The standard InChI is InChI=1S/C30H34Cl2N2O2S/c1-3-4-17-33-30(36)28(19-23-8-6-5-7-9-23)34(21-24-12-13-25(31)20-27(24)32)29(35)16-18-37-26-14-10-22(2)11-15-26/h5-15,20,28H,3-4,16-19,21H2,1-2H3,(H,33,36)/t28-/m1/s1. The molecule has 196 valence electrons. The van der Waals surface area contributed by atoms with Gasteiger partial charge in [0.05, 0.1) is 0 Å². The molecule has 0 aliphatic rings. The number of carbonyl (C=O) groups is 2. The van der Waals surface area contributed by atoms with Crippen molar-refractivity contribution >= 4 is 46.8 Å². The second kappa shape index (κ2) is 15.1. The summed E-state index contributed by atoms with van der Waals surface area (Å²) in [5, 5.41) is 4.05. The third-order valence-corrected chi connectivity index (χ3v) is 7.66. The van der Waals surface area contributed by atoms with Crippen molar-refractivity contribution in [3.8, 4) is 0 Å². The highest BCUT2D eigenvalue weighted by molar-refractivity contribution is 7.99. The Morgan fingerprint density at radius 1 is 1.00 bits per heavy atom. The Morgan fingerprint density at radius 3 is 2.41 bits per heavy atom. The summed E-state index contributed by atoms with van der Waals surface area (Å²) in [6.07, 6.45) is 2.58. The highest BCUT2D eigenvalue weighted by Crippen LogP contribution is 2.25. The van der Waals surface area contributed by atoms with Crippen LogP contribution in [0.1, 0.15) is 42.9 Å². The molecule has 0 saturated carbocycles. The molecular formula is C30H34Cl2N2O2S. The summed E-state index contributed by atoms with van der Waals surface area (Å²) in [5.41, 5.74) is 2.95. The van der Waals surface area contributed by atoms with Crippen molar-refractivity contribution in [2.45, 2.75) is 57.0 Å². The first kappa shape index (κ1) is 29.1. The number of nitrogens with one attached hydrogen (secondary N) is 1. The van der Waals surface area contributed by atoms with Crippen molar-refractivity contribution in [3.63, 3.8) is 0 Å². The molecular weight excluding hydrogens is 523 g/mol. The number of nitrogens with zero attached hydrogens (tertiary/aromatic N) is 1. The van der Waals surface area contributed by atoms with Crippen LogP contribution in [0.25, 0.3) is 0 Å². The average Bonchev–Trinajstić information content (AvgIpc) is 2.89. The topological polar surface area (TPSA) is 49.4 Å². The first-order valence-corrected chi connectivity index (χ1v) is 14.4. The van der Waals surface area contributed by atoms with Gasteiger partial charge in [0, 0.05) is 46.6 Å². The van der Waals surface area contributed by atoms with Crippen molar-refractivity contribution in [3.05, 3.63) is 99.5 Å². The third-order valence-electron chi connectivity index (χ3n) is 6.06.